The summed E-state index contributed by atoms with van der Waals surface area (Å²) in [5, 5.41) is 0. The first-order chi connectivity index (χ1) is 6.19. The van der Waals surface area contributed by atoms with Gasteiger partial charge in [0.15, 0.2) is 0 Å². The summed E-state index contributed by atoms with van der Waals surface area (Å²) in [6.07, 6.45) is 3.98. The van der Waals surface area contributed by atoms with Gasteiger partial charge in [-0.25, -0.2) is 0 Å². The van der Waals surface area contributed by atoms with Crippen LogP contribution >= 0.6 is 0 Å². The van der Waals surface area contributed by atoms with Crippen molar-refractivity contribution in [1.82, 2.24) is 4.98 Å². The van der Waals surface area contributed by atoms with E-state index in [9.17, 15) is 0 Å². The monoisotopic (exact) mass is 178 g/mol. The minimum absolute atomic E-state index is 0.0425. The molecule has 13 heavy (non-hydrogen) atoms. The number of nitrogens with zero attached hydrogens (tertiary/aromatic N) is 1. The third-order valence-corrected chi connectivity index (χ3v) is 2.28. The molecule has 1 unspecified atom stereocenters. The van der Waals surface area contributed by atoms with Crippen LogP contribution in [0.2, 0.25) is 0 Å². The molecule has 1 aromatic rings. The zero-order valence-corrected chi connectivity index (χ0v) is 8.67. The number of hydrogen-bond donors (Lipinski definition) is 1. The van der Waals surface area contributed by atoms with Crippen LogP contribution in [0.4, 0.5) is 0 Å². The van der Waals surface area contributed by atoms with Crippen molar-refractivity contribution in [1.29, 1.82) is 0 Å². The Kier molecular flexibility index (Phi) is 3.43. The van der Waals surface area contributed by atoms with Gasteiger partial charge in [-0.05, 0) is 30.9 Å². The third-order valence-electron chi connectivity index (χ3n) is 2.28. The fraction of sp³-hybridized carbons (Fsp3) is 0.545. The van der Waals surface area contributed by atoms with Gasteiger partial charge in [0, 0.05) is 12.2 Å². The van der Waals surface area contributed by atoms with Crippen LogP contribution in [0.3, 0.4) is 0 Å². The van der Waals surface area contributed by atoms with Crippen molar-refractivity contribution in [3.05, 3.63) is 29.1 Å². The quantitative estimate of drug-likeness (QED) is 0.770. The summed E-state index contributed by atoms with van der Waals surface area (Å²) < 4.78 is 0. The van der Waals surface area contributed by atoms with E-state index in [2.05, 4.69) is 24.9 Å². The molecule has 2 N–H and O–H groups in total. The fourth-order valence-electron chi connectivity index (χ4n) is 1.46. The molecular weight excluding hydrogens is 160 g/mol. The summed E-state index contributed by atoms with van der Waals surface area (Å²) in [6.45, 7) is 6.26. The summed E-state index contributed by atoms with van der Waals surface area (Å²) in [5.74, 6) is 0. The van der Waals surface area contributed by atoms with Crippen LogP contribution in [0.25, 0.3) is 0 Å². The highest BCUT2D eigenvalue weighted by Gasteiger charge is 2.07. The minimum Gasteiger partial charge on any atom is -0.323 e. The molecule has 0 fully saturated rings. The fourth-order valence-corrected chi connectivity index (χ4v) is 1.46. The lowest BCUT2D eigenvalue weighted by Crippen LogP contribution is -2.10. The van der Waals surface area contributed by atoms with E-state index >= 15 is 0 Å². The second-order valence-electron chi connectivity index (χ2n) is 3.38. The topological polar surface area (TPSA) is 38.9 Å². The second kappa shape index (κ2) is 4.38. The van der Waals surface area contributed by atoms with Crippen molar-refractivity contribution < 1.29 is 0 Å². The van der Waals surface area contributed by atoms with Crippen LogP contribution in [-0.4, -0.2) is 4.98 Å². The van der Waals surface area contributed by atoms with Gasteiger partial charge in [-0.3, -0.25) is 4.98 Å². The molecule has 0 aliphatic rings. The number of pyridine rings is 1. The SMILES string of the molecule is CCc1cnc(C(C)N)c(CC)c1. The zero-order chi connectivity index (χ0) is 9.84. The Bertz CT molecular complexity index is 279. The lowest BCUT2D eigenvalue weighted by Gasteiger charge is -2.11. The predicted octanol–water partition coefficient (Wildman–Crippen LogP) is 2.23. The molecule has 0 aliphatic carbocycles. The molecule has 0 saturated carbocycles. The van der Waals surface area contributed by atoms with E-state index in [1.165, 1.54) is 11.1 Å². The smallest absolute Gasteiger partial charge is 0.0600 e. The molecule has 0 bridgehead atoms. The first-order valence-corrected chi connectivity index (χ1v) is 4.92. The molecule has 0 spiro atoms. The normalized spacial score (nSPS) is 12.9. The molecule has 1 heterocycles. The van der Waals surface area contributed by atoms with Crippen LogP contribution in [-0.2, 0) is 12.8 Å². The maximum absolute atomic E-state index is 5.82. The predicted molar refractivity (Wildman–Crippen MR) is 55.6 cm³/mol. The summed E-state index contributed by atoms with van der Waals surface area (Å²) in [5.41, 5.74) is 9.44. The van der Waals surface area contributed by atoms with E-state index in [4.69, 9.17) is 5.73 Å². The van der Waals surface area contributed by atoms with E-state index in [0.29, 0.717) is 0 Å². The Morgan fingerprint density at radius 3 is 2.54 bits per heavy atom. The van der Waals surface area contributed by atoms with Gasteiger partial charge in [0.1, 0.15) is 0 Å². The molecule has 0 aromatic carbocycles. The van der Waals surface area contributed by atoms with E-state index in [-0.39, 0.29) is 6.04 Å². The van der Waals surface area contributed by atoms with E-state index in [1.807, 2.05) is 13.1 Å². The molecule has 2 heteroatoms. The third kappa shape index (κ3) is 2.28. The van der Waals surface area contributed by atoms with Crippen molar-refractivity contribution in [2.75, 3.05) is 0 Å². The van der Waals surface area contributed by atoms with Crippen molar-refractivity contribution in [2.45, 2.75) is 39.7 Å². The number of aromatic nitrogens is 1. The van der Waals surface area contributed by atoms with Crippen LogP contribution in [0.1, 0.15) is 43.6 Å². The van der Waals surface area contributed by atoms with Gasteiger partial charge in [0.25, 0.3) is 0 Å². The number of hydrogen-bond acceptors (Lipinski definition) is 2. The van der Waals surface area contributed by atoms with Crippen LogP contribution < -0.4 is 5.73 Å². The Morgan fingerprint density at radius 1 is 1.38 bits per heavy atom. The average molecular weight is 178 g/mol. The Morgan fingerprint density at radius 2 is 2.08 bits per heavy atom. The van der Waals surface area contributed by atoms with Crippen molar-refractivity contribution in [3.8, 4) is 0 Å². The summed E-state index contributed by atoms with van der Waals surface area (Å²) in [7, 11) is 0. The van der Waals surface area contributed by atoms with E-state index < -0.39 is 0 Å². The largest absolute Gasteiger partial charge is 0.323 e. The molecule has 72 valence electrons. The van der Waals surface area contributed by atoms with Gasteiger partial charge >= 0.3 is 0 Å². The first kappa shape index (κ1) is 10.2. The highest BCUT2D eigenvalue weighted by molar-refractivity contribution is 5.27. The van der Waals surface area contributed by atoms with Crippen LogP contribution in [0.5, 0.6) is 0 Å². The Hall–Kier alpha value is -0.890. The van der Waals surface area contributed by atoms with Crippen molar-refractivity contribution >= 4 is 0 Å². The summed E-state index contributed by atoms with van der Waals surface area (Å²) >= 11 is 0. The lowest BCUT2D eigenvalue weighted by atomic mass is 10.0. The molecule has 0 aliphatic heterocycles. The van der Waals surface area contributed by atoms with Crippen molar-refractivity contribution in [2.24, 2.45) is 5.73 Å². The molecule has 0 amide bonds. The lowest BCUT2D eigenvalue weighted by molar-refractivity contribution is 0.759. The zero-order valence-electron chi connectivity index (χ0n) is 8.67. The average Bonchev–Trinajstić information content (AvgIpc) is 2.16. The minimum atomic E-state index is 0.0425. The molecule has 0 radical (unpaired) electrons. The molecule has 1 atom stereocenters. The maximum atomic E-state index is 5.82. The van der Waals surface area contributed by atoms with Gasteiger partial charge in [-0.2, -0.15) is 0 Å². The van der Waals surface area contributed by atoms with Crippen molar-refractivity contribution in [3.63, 3.8) is 0 Å². The van der Waals surface area contributed by atoms with E-state index in [0.717, 1.165) is 18.5 Å². The van der Waals surface area contributed by atoms with Crippen LogP contribution in [0, 0.1) is 0 Å². The van der Waals surface area contributed by atoms with E-state index in [1.54, 1.807) is 0 Å². The second-order valence-corrected chi connectivity index (χ2v) is 3.38. The number of aryl methyl sites for hydroxylation is 2. The van der Waals surface area contributed by atoms with Crippen LogP contribution in [0.15, 0.2) is 12.3 Å². The Balaban J connectivity index is 3.08. The number of rotatable bonds is 3. The highest BCUT2D eigenvalue weighted by Crippen LogP contribution is 2.15. The van der Waals surface area contributed by atoms with Gasteiger partial charge in [-0.15, -0.1) is 0 Å². The molecule has 0 saturated heterocycles. The molecule has 2 nitrogen and oxygen atoms in total. The summed E-state index contributed by atoms with van der Waals surface area (Å²) in [4.78, 5) is 4.39. The van der Waals surface area contributed by atoms with Gasteiger partial charge < -0.3 is 5.73 Å². The summed E-state index contributed by atoms with van der Waals surface area (Å²) in [6, 6.07) is 2.26. The standard InChI is InChI=1S/C11H18N2/c1-4-9-6-10(5-2)11(8(3)12)13-7-9/h6-8H,4-5,12H2,1-3H3. The molecule has 1 aromatic heterocycles. The van der Waals surface area contributed by atoms with Gasteiger partial charge in [-0.1, -0.05) is 19.9 Å². The van der Waals surface area contributed by atoms with Gasteiger partial charge in [0.2, 0.25) is 0 Å². The first-order valence-electron chi connectivity index (χ1n) is 4.92. The molecular formula is C11H18N2. The highest BCUT2D eigenvalue weighted by atomic mass is 14.8. The van der Waals surface area contributed by atoms with Gasteiger partial charge in [0.05, 0.1) is 5.69 Å². The number of nitrogens with two attached hydrogens (primary N) is 1. The maximum Gasteiger partial charge on any atom is 0.0600 e. The Labute approximate surface area is 80.2 Å². The molecule has 1 rings (SSSR count).